The number of hydrogen-bond donors (Lipinski definition) is 2. The first kappa shape index (κ1) is 18.6. The minimum atomic E-state index is -0.160. The van der Waals surface area contributed by atoms with Crippen LogP contribution in [0.4, 0.5) is 0 Å². The number of aliphatic imine (C=N–C) groups is 1. The van der Waals surface area contributed by atoms with E-state index in [-0.39, 0.29) is 5.91 Å². The molecule has 0 aromatic heterocycles. The molecule has 132 valence electrons. The molecule has 0 spiro atoms. The first-order valence-corrected chi connectivity index (χ1v) is 9.05. The van der Waals surface area contributed by atoms with Gasteiger partial charge in [0.15, 0.2) is 5.96 Å². The number of likely N-dealkylation sites (tertiary alicyclic amines) is 1. The highest BCUT2D eigenvalue weighted by Crippen LogP contribution is 2.16. The maximum Gasteiger partial charge on any atom is 0.252 e. The van der Waals surface area contributed by atoms with E-state index in [0.29, 0.717) is 23.7 Å². The Kier molecular flexibility index (Phi) is 7.37. The lowest BCUT2D eigenvalue weighted by Crippen LogP contribution is -2.45. The molecule has 1 aromatic carbocycles. The molecule has 6 heteroatoms. The predicted octanol–water partition coefficient (Wildman–Crippen LogP) is 2.77. The fraction of sp³-hybridized carbons (Fsp3) is 0.556. The molecule has 0 radical (unpaired) electrons. The molecule has 0 unspecified atom stereocenters. The van der Waals surface area contributed by atoms with E-state index < -0.39 is 0 Å². The minimum Gasteiger partial charge on any atom is -0.357 e. The highest BCUT2D eigenvalue weighted by molar-refractivity contribution is 6.33. The summed E-state index contributed by atoms with van der Waals surface area (Å²) in [6.45, 7) is 8.33. The van der Waals surface area contributed by atoms with E-state index in [1.807, 2.05) is 6.07 Å². The molecule has 0 atom stereocenters. The lowest BCUT2D eigenvalue weighted by Gasteiger charge is -2.33. The predicted molar refractivity (Wildman–Crippen MR) is 99.7 cm³/mol. The van der Waals surface area contributed by atoms with Crippen LogP contribution in [0.1, 0.15) is 37.0 Å². The van der Waals surface area contributed by atoms with Gasteiger partial charge in [0.2, 0.25) is 0 Å². The van der Waals surface area contributed by atoms with Crippen molar-refractivity contribution < 1.29 is 4.79 Å². The van der Waals surface area contributed by atoms with Crippen LogP contribution in [0.25, 0.3) is 0 Å². The molecule has 1 amide bonds. The highest BCUT2D eigenvalue weighted by atomic mass is 35.5. The number of carbonyl (C=O) groups excluding carboxylic acids is 1. The second-order valence-corrected chi connectivity index (χ2v) is 6.55. The number of hydrogen-bond acceptors (Lipinski definition) is 2. The summed E-state index contributed by atoms with van der Waals surface area (Å²) in [5, 5.41) is 6.68. The van der Waals surface area contributed by atoms with Gasteiger partial charge in [0.25, 0.3) is 5.91 Å². The van der Waals surface area contributed by atoms with Crippen LogP contribution in [-0.2, 0) is 0 Å². The normalized spacial score (nSPS) is 16.1. The Hall–Kier alpha value is -1.75. The Balaban J connectivity index is 1.84. The van der Waals surface area contributed by atoms with Gasteiger partial charge >= 0.3 is 0 Å². The topological polar surface area (TPSA) is 56.7 Å². The lowest BCUT2D eigenvalue weighted by atomic mass is 10.00. The van der Waals surface area contributed by atoms with Gasteiger partial charge in [-0.25, -0.2) is 0 Å². The van der Waals surface area contributed by atoms with Crippen LogP contribution in [0.15, 0.2) is 29.3 Å². The number of nitrogens with zero attached hydrogens (tertiary/aromatic N) is 2. The molecule has 1 aliphatic heterocycles. The van der Waals surface area contributed by atoms with Gasteiger partial charge in [-0.15, -0.1) is 0 Å². The van der Waals surface area contributed by atoms with E-state index in [4.69, 9.17) is 11.6 Å². The standard InChI is InChI=1S/C18H27ClN4O/c1-3-20-18(23-12-8-14(2)9-13-23)22-11-10-21-17(24)15-6-4-5-7-16(15)19/h4-7,14H,3,8-13H2,1-2H3,(H,20,22)(H,21,24). The van der Waals surface area contributed by atoms with Gasteiger partial charge in [-0.2, -0.15) is 0 Å². The van der Waals surface area contributed by atoms with Gasteiger partial charge in [-0.1, -0.05) is 30.7 Å². The van der Waals surface area contributed by atoms with Gasteiger partial charge in [-0.05, 0) is 37.8 Å². The number of halogens is 1. The zero-order valence-electron chi connectivity index (χ0n) is 14.5. The van der Waals surface area contributed by atoms with Crippen LogP contribution < -0.4 is 10.6 Å². The number of benzene rings is 1. The van der Waals surface area contributed by atoms with Crippen LogP contribution in [0.2, 0.25) is 5.02 Å². The zero-order valence-corrected chi connectivity index (χ0v) is 15.3. The van der Waals surface area contributed by atoms with Crippen molar-refractivity contribution in [3.05, 3.63) is 34.9 Å². The van der Waals surface area contributed by atoms with E-state index in [2.05, 4.69) is 34.4 Å². The first-order chi connectivity index (χ1) is 11.6. The van der Waals surface area contributed by atoms with Crippen molar-refractivity contribution in [2.45, 2.75) is 26.7 Å². The fourth-order valence-corrected chi connectivity index (χ4v) is 2.94. The van der Waals surface area contributed by atoms with Crippen LogP contribution in [0.5, 0.6) is 0 Å². The Morgan fingerprint density at radius 2 is 2.00 bits per heavy atom. The molecular weight excluding hydrogens is 324 g/mol. The average molecular weight is 351 g/mol. The van der Waals surface area contributed by atoms with Crippen molar-refractivity contribution in [2.75, 3.05) is 32.7 Å². The highest BCUT2D eigenvalue weighted by Gasteiger charge is 2.18. The van der Waals surface area contributed by atoms with Crippen molar-refractivity contribution in [3.8, 4) is 0 Å². The number of piperidine rings is 1. The molecule has 0 bridgehead atoms. The number of guanidine groups is 1. The maximum atomic E-state index is 12.1. The number of amides is 1. The SMILES string of the molecule is CCNC(=NCCNC(=O)c1ccccc1Cl)N1CCC(C)CC1. The van der Waals surface area contributed by atoms with Crippen LogP contribution >= 0.6 is 11.6 Å². The van der Waals surface area contributed by atoms with Gasteiger partial charge in [-0.3, -0.25) is 9.79 Å². The lowest BCUT2D eigenvalue weighted by molar-refractivity contribution is 0.0955. The Labute approximate surface area is 149 Å². The molecule has 5 nitrogen and oxygen atoms in total. The molecule has 1 saturated heterocycles. The largest absolute Gasteiger partial charge is 0.357 e. The third-order valence-corrected chi connectivity index (χ3v) is 4.53. The summed E-state index contributed by atoms with van der Waals surface area (Å²) in [6, 6.07) is 7.06. The van der Waals surface area contributed by atoms with E-state index >= 15 is 0 Å². The summed E-state index contributed by atoms with van der Waals surface area (Å²) in [7, 11) is 0. The third-order valence-electron chi connectivity index (χ3n) is 4.20. The van der Waals surface area contributed by atoms with E-state index in [0.717, 1.165) is 31.5 Å². The summed E-state index contributed by atoms with van der Waals surface area (Å²) in [5.74, 6) is 1.57. The van der Waals surface area contributed by atoms with Crippen molar-refractivity contribution in [1.29, 1.82) is 0 Å². The fourth-order valence-electron chi connectivity index (χ4n) is 2.72. The maximum absolute atomic E-state index is 12.1. The summed E-state index contributed by atoms with van der Waals surface area (Å²) in [6.07, 6.45) is 2.40. The Morgan fingerprint density at radius 3 is 2.67 bits per heavy atom. The number of nitrogens with one attached hydrogen (secondary N) is 2. The second-order valence-electron chi connectivity index (χ2n) is 6.14. The second kappa shape index (κ2) is 9.52. The van der Waals surface area contributed by atoms with Crippen molar-refractivity contribution >= 4 is 23.5 Å². The monoisotopic (exact) mass is 350 g/mol. The first-order valence-electron chi connectivity index (χ1n) is 8.67. The van der Waals surface area contributed by atoms with Gasteiger partial charge < -0.3 is 15.5 Å². The molecule has 1 fully saturated rings. The molecule has 2 rings (SSSR count). The summed E-state index contributed by atoms with van der Waals surface area (Å²) < 4.78 is 0. The van der Waals surface area contributed by atoms with Crippen molar-refractivity contribution in [1.82, 2.24) is 15.5 Å². The van der Waals surface area contributed by atoms with Crippen LogP contribution in [-0.4, -0.2) is 49.5 Å². The quantitative estimate of drug-likeness (QED) is 0.487. The molecule has 1 aliphatic rings. The smallest absolute Gasteiger partial charge is 0.252 e. The van der Waals surface area contributed by atoms with Gasteiger partial charge in [0.05, 0.1) is 17.1 Å². The number of rotatable bonds is 5. The Bertz CT molecular complexity index is 568. The van der Waals surface area contributed by atoms with Crippen molar-refractivity contribution in [2.24, 2.45) is 10.9 Å². The Morgan fingerprint density at radius 1 is 1.29 bits per heavy atom. The molecule has 2 N–H and O–H groups in total. The van der Waals surface area contributed by atoms with Crippen LogP contribution in [0.3, 0.4) is 0 Å². The molecule has 0 saturated carbocycles. The van der Waals surface area contributed by atoms with Crippen LogP contribution in [0, 0.1) is 5.92 Å². The van der Waals surface area contributed by atoms with E-state index in [9.17, 15) is 4.79 Å². The molecular formula is C18H27ClN4O. The summed E-state index contributed by atoms with van der Waals surface area (Å²) in [5.41, 5.74) is 0.500. The molecule has 24 heavy (non-hydrogen) atoms. The van der Waals surface area contributed by atoms with E-state index in [1.165, 1.54) is 12.8 Å². The summed E-state index contributed by atoms with van der Waals surface area (Å²) >= 11 is 6.03. The summed E-state index contributed by atoms with van der Waals surface area (Å²) in [4.78, 5) is 19.0. The zero-order chi connectivity index (χ0) is 17.4. The molecule has 0 aliphatic carbocycles. The molecule has 1 aromatic rings. The third kappa shape index (κ3) is 5.41. The van der Waals surface area contributed by atoms with E-state index in [1.54, 1.807) is 18.2 Å². The van der Waals surface area contributed by atoms with Gasteiger partial charge in [0, 0.05) is 26.2 Å². The number of carbonyl (C=O) groups is 1. The minimum absolute atomic E-state index is 0.160. The average Bonchev–Trinajstić information content (AvgIpc) is 2.58. The molecule has 1 heterocycles. The van der Waals surface area contributed by atoms with Crippen molar-refractivity contribution in [3.63, 3.8) is 0 Å². The van der Waals surface area contributed by atoms with Gasteiger partial charge in [0.1, 0.15) is 0 Å².